The Morgan fingerprint density at radius 2 is 1.90 bits per heavy atom. The highest BCUT2D eigenvalue weighted by molar-refractivity contribution is 5.17. The predicted octanol–water partition coefficient (Wildman–Crippen LogP) is 2.12. The average molecular weight is 279 g/mol. The maximum Gasteiger partial charge on any atom is 0.315 e. The number of nitrogens with zero attached hydrogens (tertiary/aromatic N) is 3. The quantitative estimate of drug-likeness (QED) is 0.837. The van der Waals surface area contributed by atoms with Crippen LogP contribution >= 0.6 is 0 Å². The summed E-state index contributed by atoms with van der Waals surface area (Å²) >= 11 is 0. The van der Waals surface area contributed by atoms with Crippen LogP contribution in [0.25, 0.3) is 0 Å². The fourth-order valence-corrected chi connectivity index (χ4v) is 1.48. The molecular weight excluding hydrogens is 258 g/mol. The van der Waals surface area contributed by atoms with E-state index in [4.69, 9.17) is 8.83 Å². The summed E-state index contributed by atoms with van der Waals surface area (Å²) in [5.41, 5.74) is 0.0106. The lowest BCUT2D eigenvalue weighted by atomic mass is 10.1. The second-order valence-electron chi connectivity index (χ2n) is 5.53. The summed E-state index contributed by atoms with van der Waals surface area (Å²) in [6.07, 6.45) is 2.56. The van der Waals surface area contributed by atoms with Crippen LogP contribution in [-0.4, -0.2) is 20.7 Å². The van der Waals surface area contributed by atoms with E-state index in [1.54, 1.807) is 6.20 Å². The molecule has 0 amide bonds. The van der Waals surface area contributed by atoms with Crippen molar-refractivity contribution in [3.63, 3.8) is 0 Å². The van der Waals surface area contributed by atoms with Crippen molar-refractivity contribution in [1.82, 2.24) is 20.5 Å². The van der Waals surface area contributed by atoms with Crippen LogP contribution in [0.15, 0.2) is 15.0 Å². The third-order valence-electron chi connectivity index (χ3n) is 2.58. The van der Waals surface area contributed by atoms with Crippen molar-refractivity contribution in [3.05, 3.63) is 23.7 Å². The van der Waals surface area contributed by atoms with Gasteiger partial charge in [0.1, 0.15) is 5.76 Å². The Labute approximate surface area is 118 Å². The van der Waals surface area contributed by atoms with E-state index in [0.717, 1.165) is 12.2 Å². The fourth-order valence-electron chi connectivity index (χ4n) is 1.48. The normalized spacial score (nSPS) is 11.8. The van der Waals surface area contributed by atoms with Gasteiger partial charge in [-0.15, -0.1) is 5.10 Å². The molecule has 0 aliphatic rings. The number of anilines is 1. The molecular formula is C13H21N5O2. The third kappa shape index (κ3) is 4.34. The first kappa shape index (κ1) is 14.5. The maximum atomic E-state index is 5.48. The predicted molar refractivity (Wildman–Crippen MR) is 74.1 cm³/mol. The summed E-state index contributed by atoms with van der Waals surface area (Å²) in [5, 5.41) is 14.2. The van der Waals surface area contributed by atoms with Crippen LogP contribution in [0.1, 0.15) is 45.2 Å². The van der Waals surface area contributed by atoms with E-state index >= 15 is 0 Å². The third-order valence-corrected chi connectivity index (χ3v) is 2.58. The lowest BCUT2D eigenvalue weighted by Gasteiger charge is -2.18. The number of nitrogens with one attached hydrogen (secondary N) is 2. The van der Waals surface area contributed by atoms with Crippen LogP contribution in [0, 0.1) is 0 Å². The van der Waals surface area contributed by atoms with Gasteiger partial charge >= 0.3 is 6.01 Å². The van der Waals surface area contributed by atoms with Gasteiger partial charge in [0.25, 0.3) is 0 Å². The van der Waals surface area contributed by atoms with Gasteiger partial charge in [-0.05, 0) is 20.8 Å². The largest absolute Gasteiger partial charge is 0.444 e. The van der Waals surface area contributed by atoms with Gasteiger partial charge in [0, 0.05) is 12.0 Å². The number of oxazole rings is 1. The van der Waals surface area contributed by atoms with E-state index in [2.05, 4.69) is 46.6 Å². The molecule has 0 spiro atoms. The minimum atomic E-state index is 0.0106. The smallest absolute Gasteiger partial charge is 0.315 e. The van der Waals surface area contributed by atoms with Crippen molar-refractivity contribution < 1.29 is 8.83 Å². The van der Waals surface area contributed by atoms with Gasteiger partial charge in [-0.3, -0.25) is 0 Å². The minimum absolute atomic E-state index is 0.0106. The van der Waals surface area contributed by atoms with Crippen LogP contribution < -0.4 is 10.6 Å². The van der Waals surface area contributed by atoms with Crippen molar-refractivity contribution in [2.75, 3.05) is 5.32 Å². The van der Waals surface area contributed by atoms with E-state index in [-0.39, 0.29) is 5.54 Å². The monoisotopic (exact) mass is 279 g/mol. The molecule has 0 radical (unpaired) electrons. The topological polar surface area (TPSA) is 89.0 Å². The van der Waals surface area contributed by atoms with Crippen molar-refractivity contribution in [2.24, 2.45) is 0 Å². The Morgan fingerprint density at radius 1 is 1.10 bits per heavy atom. The molecule has 0 bridgehead atoms. The summed E-state index contributed by atoms with van der Waals surface area (Å²) in [5.74, 6) is 2.01. The van der Waals surface area contributed by atoms with Gasteiger partial charge in [0.15, 0.2) is 0 Å². The molecule has 2 aromatic heterocycles. The molecule has 2 rings (SSSR count). The molecule has 0 saturated heterocycles. The van der Waals surface area contributed by atoms with E-state index in [9.17, 15) is 0 Å². The lowest BCUT2D eigenvalue weighted by molar-refractivity contribution is 0.383. The second-order valence-corrected chi connectivity index (χ2v) is 5.53. The highest BCUT2D eigenvalue weighted by Crippen LogP contribution is 2.10. The molecule has 0 unspecified atom stereocenters. The Morgan fingerprint density at radius 3 is 2.55 bits per heavy atom. The first-order chi connectivity index (χ1) is 9.46. The molecule has 0 aliphatic heterocycles. The number of aromatic nitrogens is 3. The first-order valence-electron chi connectivity index (χ1n) is 6.71. The van der Waals surface area contributed by atoms with Crippen LogP contribution in [-0.2, 0) is 19.5 Å². The molecule has 2 N–H and O–H groups in total. The number of hydrogen-bond acceptors (Lipinski definition) is 7. The average Bonchev–Trinajstić information content (AvgIpc) is 3.02. The molecule has 0 aromatic carbocycles. The summed E-state index contributed by atoms with van der Waals surface area (Å²) in [7, 11) is 0. The zero-order valence-electron chi connectivity index (χ0n) is 12.4. The zero-order valence-corrected chi connectivity index (χ0v) is 12.4. The Kier molecular flexibility index (Phi) is 4.39. The van der Waals surface area contributed by atoms with Crippen LogP contribution in [0.4, 0.5) is 6.01 Å². The van der Waals surface area contributed by atoms with Crippen LogP contribution in [0.3, 0.4) is 0 Å². The van der Waals surface area contributed by atoms with E-state index in [0.29, 0.717) is 30.9 Å². The van der Waals surface area contributed by atoms with Gasteiger partial charge in [0.2, 0.25) is 11.8 Å². The highest BCUT2D eigenvalue weighted by atomic mass is 16.4. The molecule has 0 aliphatic carbocycles. The molecule has 7 nitrogen and oxygen atoms in total. The fraction of sp³-hybridized carbons (Fsp3) is 0.615. The molecule has 0 atom stereocenters. The van der Waals surface area contributed by atoms with Crippen molar-refractivity contribution in [2.45, 2.75) is 52.7 Å². The Balaban J connectivity index is 1.83. The molecule has 0 fully saturated rings. The van der Waals surface area contributed by atoms with Gasteiger partial charge < -0.3 is 19.5 Å². The van der Waals surface area contributed by atoms with E-state index in [1.807, 2.05) is 6.92 Å². The summed E-state index contributed by atoms with van der Waals surface area (Å²) in [4.78, 5) is 4.15. The number of aryl methyl sites for hydroxylation is 1. The Bertz CT molecular complexity index is 541. The van der Waals surface area contributed by atoms with Crippen molar-refractivity contribution in [1.29, 1.82) is 0 Å². The van der Waals surface area contributed by atoms with Gasteiger partial charge in [-0.1, -0.05) is 12.0 Å². The van der Waals surface area contributed by atoms with Crippen molar-refractivity contribution in [3.8, 4) is 0 Å². The summed E-state index contributed by atoms with van der Waals surface area (Å²) in [6, 6.07) is 0.368. The number of rotatable bonds is 6. The molecule has 110 valence electrons. The minimum Gasteiger partial charge on any atom is -0.444 e. The molecule has 2 aromatic rings. The highest BCUT2D eigenvalue weighted by Gasteiger charge is 2.12. The van der Waals surface area contributed by atoms with Gasteiger partial charge in [-0.2, -0.15) is 0 Å². The Hall–Kier alpha value is -1.89. The van der Waals surface area contributed by atoms with Crippen LogP contribution in [0.2, 0.25) is 0 Å². The molecule has 0 saturated carbocycles. The van der Waals surface area contributed by atoms with E-state index in [1.165, 1.54) is 0 Å². The second kappa shape index (κ2) is 6.04. The molecule has 20 heavy (non-hydrogen) atoms. The number of hydrogen-bond donors (Lipinski definition) is 2. The van der Waals surface area contributed by atoms with E-state index < -0.39 is 0 Å². The SMILES string of the molecule is CCc1cnc(CNc2nnc(CNC(C)(C)C)o2)o1. The molecule has 2 heterocycles. The van der Waals surface area contributed by atoms with Crippen molar-refractivity contribution >= 4 is 6.01 Å². The zero-order chi connectivity index (χ0) is 14.6. The summed E-state index contributed by atoms with van der Waals surface area (Å²) < 4.78 is 10.9. The first-order valence-corrected chi connectivity index (χ1v) is 6.71. The lowest BCUT2D eigenvalue weighted by Crippen LogP contribution is -2.35. The van der Waals surface area contributed by atoms with Crippen LogP contribution in [0.5, 0.6) is 0 Å². The summed E-state index contributed by atoms with van der Waals surface area (Å²) in [6.45, 7) is 9.22. The molecule has 7 heteroatoms. The van der Waals surface area contributed by atoms with Gasteiger partial charge in [0.05, 0.1) is 19.3 Å². The standard InChI is InChI=1S/C13H21N5O2/c1-5-9-6-14-10(19-9)7-15-12-18-17-11(20-12)8-16-13(2,3)4/h6,16H,5,7-8H2,1-4H3,(H,15,18). The van der Waals surface area contributed by atoms with Gasteiger partial charge in [-0.25, -0.2) is 4.98 Å². The maximum absolute atomic E-state index is 5.48.